The summed E-state index contributed by atoms with van der Waals surface area (Å²) in [6.45, 7) is 9.28. The molecule has 0 aromatic heterocycles. The molecule has 0 saturated carbocycles. The Bertz CT molecular complexity index is 530. The molecule has 0 aliphatic rings. The highest BCUT2D eigenvalue weighted by Crippen LogP contribution is 2.23. The molecule has 0 bridgehead atoms. The van der Waals surface area contributed by atoms with Crippen molar-refractivity contribution in [2.75, 3.05) is 0 Å². The van der Waals surface area contributed by atoms with Crippen molar-refractivity contribution in [1.82, 2.24) is 4.72 Å². The van der Waals surface area contributed by atoms with Gasteiger partial charge in [0.15, 0.2) is 0 Å². The van der Waals surface area contributed by atoms with Crippen molar-refractivity contribution < 1.29 is 8.42 Å². The molecule has 0 fully saturated rings. The van der Waals surface area contributed by atoms with Crippen molar-refractivity contribution >= 4 is 32.6 Å². The quantitative estimate of drug-likeness (QED) is 0.817. The molecule has 0 spiro atoms. The third-order valence-corrected chi connectivity index (χ3v) is 5.47. The van der Waals surface area contributed by atoms with E-state index in [2.05, 4.69) is 27.3 Å². The second kappa shape index (κ2) is 4.85. The van der Waals surface area contributed by atoms with Gasteiger partial charge in [0.25, 0.3) is 0 Å². The fraction of sp³-hybridized carbons (Fsp3) is 0.500. The molecule has 0 heterocycles. The van der Waals surface area contributed by atoms with Crippen LogP contribution >= 0.6 is 22.6 Å². The Kier molecular flexibility index (Phi) is 4.26. The average molecular weight is 367 g/mol. The normalized spacial score (nSPS) is 12.8. The molecule has 0 saturated heterocycles. The van der Waals surface area contributed by atoms with Crippen LogP contribution in [0.1, 0.15) is 31.9 Å². The Balaban J connectivity index is 3.31. The summed E-state index contributed by atoms with van der Waals surface area (Å²) in [5.74, 6) is 0. The lowest BCUT2D eigenvalue weighted by Crippen LogP contribution is -2.40. The van der Waals surface area contributed by atoms with E-state index in [1.807, 2.05) is 40.7 Å². The van der Waals surface area contributed by atoms with Crippen molar-refractivity contribution in [1.29, 1.82) is 0 Å². The largest absolute Gasteiger partial charge is 0.241 e. The predicted molar refractivity (Wildman–Crippen MR) is 78.7 cm³/mol. The maximum Gasteiger partial charge on any atom is 0.241 e. The van der Waals surface area contributed by atoms with Crippen LogP contribution in [0.3, 0.4) is 0 Å². The number of rotatable bonds is 2. The molecule has 1 aromatic rings. The van der Waals surface area contributed by atoms with Gasteiger partial charge in [-0.3, -0.25) is 0 Å². The summed E-state index contributed by atoms with van der Waals surface area (Å²) >= 11 is 2.21. The number of halogens is 1. The van der Waals surface area contributed by atoms with Crippen LogP contribution in [0.25, 0.3) is 0 Å². The van der Waals surface area contributed by atoms with Crippen molar-refractivity contribution in [2.45, 2.75) is 45.1 Å². The van der Waals surface area contributed by atoms with Crippen LogP contribution in [0.4, 0.5) is 0 Å². The summed E-state index contributed by atoms with van der Waals surface area (Å²) in [5.41, 5.74) is 1.36. The summed E-state index contributed by atoms with van der Waals surface area (Å²) in [6.07, 6.45) is 0. The van der Waals surface area contributed by atoms with E-state index >= 15 is 0 Å². The number of hydrogen-bond donors (Lipinski definition) is 1. The Hall–Kier alpha value is -0.140. The fourth-order valence-electron chi connectivity index (χ4n) is 1.51. The van der Waals surface area contributed by atoms with Crippen molar-refractivity contribution in [2.24, 2.45) is 0 Å². The van der Waals surface area contributed by atoms with Gasteiger partial charge in [-0.15, -0.1) is 0 Å². The van der Waals surface area contributed by atoms with Gasteiger partial charge in [0.1, 0.15) is 0 Å². The highest BCUT2D eigenvalue weighted by atomic mass is 127. The van der Waals surface area contributed by atoms with Crippen LogP contribution in [0.2, 0.25) is 0 Å². The number of hydrogen-bond acceptors (Lipinski definition) is 2. The minimum atomic E-state index is -3.44. The van der Waals surface area contributed by atoms with E-state index in [0.717, 1.165) is 14.7 Å². The van der Waals surface area contributed by atoms with Crippen LogP contribution in [-0.2, 0) is 10.0 Å². The number of sulfonamides is 1. The molecule has 0 amide bonds. The third kappa shape index (κ3) is 3.66. The lowest BCUT2D eigenvalue weighted by Gasteiger charge is -2.21. The highest BCUT2D eigenvalue weighted by molar-refractivity contribution is 14.1. The van der Waals surface area contributed by atoms with Crippen molar-refractivity contribution in [3.05, 3.63) is 26.8 Å². The van der Waals surface area contributed by atoms with Crippen LogP contribution in [-0.4, -0.2) is 14.0 Å². The van der Waals surface area contributed by atoms with Gasteiger partial charge in [0, 0.05) is 9.11 Å². The van der Waals surface area contributed by atoms with E-state index in [4.69, 9.17) is 0 Å². The smallest absolute Gasteiger partial charge is 0.207 e. The molecule has 5 heteroatoms. The maximum absolute atomic E-state index is 12.2. The summed E-state index contributed by atoms with van der Waals surface area (Å²) in [7, 11) is -3.44. The molecule has 0 aliphatic carbocycles. The minimum absolute atomic E-state index is 0.366. The first-order valence-corrected chi connectivity index (χ1v) is 7.90. The zero-order valence-corrected chi connectivity index (χ0v) is 13.7. The van der Waals surface area contributed by atoms with Gasteiger partial charge >= 0.3 is 0 Å². The van der Waals surface area contributed by atoms with Crippen LogP contribution in [0.5, 0.6) is 0 Å². The molecule has 3 nitrogen and oxygen atoms in total. The van der Waals surface area contributed by atoms with Gasteiger partial charge in [-0.2, -0.15) is 0 Å². The molecule has 0 aliphatic heterocycles. The molecule has 0 atom stereocenters. The van der Waals surface area contributed by atoms with Crippen molar-refractivity contribution in [3.63, 3.8) is 0 Å². The number of benzene rings is 1. The first kappa shape index (κ1) is 14.9. The molecular formula is C12H18INO2S. The van der Waals surface area contributed by atoms with Crippen LogP contribution in [0, 0.1) is 17.4 Å². The fourth-order valence-corrected chi connectivity index (χ4v) is 3.82. The second-order valence-electron chi connectivity index (χ2n) is 5.15. The van der Waals surface area contributed by atoms with Crippen LogP contribution in [0.15, 0.2) is 17.0 Å². The zero-order chi connectivity index (χ0) is 13.4. The number of nitrogens with one attached hydrogen (secondary N) is 1. The van der Waals surface area contributed by atoms with Gasteiger partial charge in [0.2, 0.25) is 10.0 Å². The first-order chi connectivity index (χ1) is 7.54. The summed E-state index contributed by atoms with van der Waals surface area (Å²) < 4.78 is 28.2. The second-order valence-corrected chi connectivity index (χ2v) is 7.96. The predicted octanol–water partition coefficient (Wildman–Crippen LogP) is 2.98. The molecule has 0 radical (unpaired) electrons. The molecule has 1 aromatic carbocycles. The average Bonchev–Trinajstić information content (AvgIpc) is 2.09. The summed E-state index contributed by atoms with van der Waals surface area (Å²) in [6, 6.07) is 3.50. The SMILES string of the molecule is Cc1c(I)ccc(S(=O)(=O)NC(C)(C)C)c1C. The highest BCUT2D eigenvalue weighted by Gasteiger charge is 2.24. The lowest BCUT2D eigenvalue weighted by molar-refractivity contribution is 0.491. The summed E-state index contributed by atoms with van der Waals surface area (Å²) in [5, 5.41) is 0. The zero-order valence-electron chi connectivity index (χ0n) is 10.8. The van der Waals surface area contributed by atoms with E-state index in [-0.39, 0.29) is 0 Å². The third-order valence-electron chi connectivity index (χ3n) is 2.40. The molecule has 96 valence electrons. The Morgan fingerprint density at radius 2 is 1.65 bits per heavy atom. The Morgan fingerprint density at radius 1 is 1.12 bits per heavy atom. The minimum Gasteiger partial charge on any atom is -0.207 e. The lowest BCUT2D eigenvalue weighted by atomic mass is 10.1. The van der Waals surface area contributed by atoms with Gasteiger partial charge in [-0.1, -0.05) is 0 Å². The molecule has 1 N–H and O–H groups in total. The van der Waals surface area contributed by atoms with Crippen LogP contribution < -0.4 is 4.72 Å². The maximum atomic E-state index is 12.2. The topological polar surface area (TPSA) is 46.2 Å². The van der Waals surface area contributed by atoms with Gasteiger partial charge < -0.3 is 0 Å². The Morgan fingerprint density at radius 3 is 2.12 bits per heavy atom. The standard InChI is InChI=1S/C12H18INO2S/c1-8-9(2)11(7-6-10(8)13)17(15,16)14-12(3,4)5/h6-7,14H,1-5H3. The van der Waals surface area contributed by atoms with Crippen molar-refractivity contribution in [3.8, 4) is 0 Å². The monoisotopic (exact) mass is 367 g/mol. The molecule has 1 rings (SSSR count). The van der Waals surface area contributed by atoms with Gasteiger partial charge in [-0.25, -0.2) is 13.1 Å². The van der Waals surface area contributed by atoms with E-state index in [1.54, 1.807) is 6.07 Å². The molecular weight excluding hydrogens is 349 g/mol. The van der Waals surface area contributed by atoms with E-state index in [1.165, 1.54) is 0 Å². The van der Waals surface area contributed by atoms with Gasteiger partial charge in [-0.05, 0) is 80.5 Å². The van der Waals surface area contributed by atoms with Gasteiger partial charge in [0.05, 0.1) is 4.90 Å². The molecule has 0 unspecified atom stereocenters. The molecule has 17 heavy (non-hydrogen) atoms. The van der Waals surface area contributed by atoms with E-state index in [9.17, 15) is 8.42 Å². The first-order valence-electron chi connectivity index (χ1n) is 5.34. The Labute approximate surface area is 117 Å². The van der Waals surface area contributed by atoms with E-state index in [0.29, 0.717) is 4.90 Å². The summed E-state index contributed by atoms with van der Waals surface area (Å²) in [4.78, 5) is 0.366. The van der Waals surface area contributed by atoms with E-state index < -0.39 is 15.6 Å².